The lowest BCUT2D eigenvalue weighted by Crippen LogP contribution is -2.07. The predicted octanol–water partition coefficient (Wildman–Crippen LogP) is 4.46. The minimum absolute atomic E-state index is 0.0226. The summed E-state index contributed by atoms with van der Waals surface area (Å²) in [4.78, 5) is 0. The average molecular weight is 284 g/mol. The summed E-state index contributed by atoms with van der Waals surface area (Å²) in [7, 11) is 0. The fraction of sp³-hybridized carbons (Fsp3) is 0.235. The smallest absolute Gasteiger partial charge is 0.150 e. The zero-order chi connectivity index (χ0) is 14.8. The third kappa shape index (κ3) is 2.59. The molecule has 0 fully saturated rings. The molecule has 4 heteroatoms. The molecule has 3 rings (SSSR count). The van der Waals surface area contributed by atoms with Crippen molar-refractivity contribution in [2.24, 2.45) is 0 Å². The summed E-state index contributed by atoms with van der Waals surface area (Å²) in [6.45, 7) is 0. The number of hydrogen-bond donors (Lipinski definition) is 1. The van der Waals surface area contributed by atoms with Gasteiger partial charge in [-0.15, -0.1) is 0 Å². The Morgan fingerprint density at radius 2 is 1.76 bits per heavy atom. The molecule has 106 valence electrons. The van der Waals surface area contributed by atoms with Crippen molar-refractivity contribution in [1.29, 1.82) is 5.26 Å². The standard InChI is InChI=1S/C17H14F2N2/c18-14-8-11(10-20)9-15(19)17(14)21-16-7-3-5-12-4-1-2-6-13(12)16/h3,5,7-9,21H,1-2,4,6H2. The summed E-state index contributed by atoms with van der Waals surface area (Å²) in [5.74, 6) is -1.50. The van der Waals surface area contributed by atoms with Crippen LogP contribution in [0, 0.1) is 23.0 Å². The van der Waals surface area contributed by atoms with Gasteiger partial charge >= 0.3 is 0 Å². The first-order valence-electron chi connectivity index (χ1n) is 6.96. The topological polar surface area (TPSA) is 35.8 Å². The number of rotatable bonds is 2. The third-order valence-corrected chi connectivity index (χ3v) is 3.83. The molecule has 0 saturated heterocycles. The molecule has 2 aromatic carbocycles. The number of nitrogens with zero attached hydrogens (tertiary/aromatic N) is 1. The number of aryl methyl sites for hydroxylation is 1. The van der Waals surface area contributed by atoms with Crippen LogP contribution in [0.2, 0.25) is 0 Å². The van der Waals surface area contributed by atoms with Crippen LogP contribution in [0.1, 0.15) is 29.5 Å². The lowest BCUT2D eigenvalue weighted by molar-refractivity contribution is 0.590. The van der Waals surface area contributed by atoms with Crippen LogP contribution in [0.3, 0.4) is 0 Å². The number of halogens is 2. The van der Waals surface area contributed by atoms with Gasteiger partial charge < -0.3 is 5.32 Å². The predicted molar refractivity (Wildman–Crippen MR) is 77.4 cm³/mol. The van der Waals surface area contributed by atoms with Crippen LogP contribution in [-0.4, -0.2) is 0 Å². The maximum absolute atomic E-state index is 14.0. The van der Waals surface area contributed by atoms with E-state index in [1.165, 1.54) is 5.56 Å². The molecule has 0 saturated carbocycles. The van der Waals surface area contributed by atoms with E-state index < -0.39 is 11.6 Å². The van der Waals surface area contributed by atoms with Crippen LogP contribution in [0.5, 0.6) is 0 Å². The molecule has 2 nitrogen and oxygen atoms in total. The average Bonchev–Trinajstić information content (AvgIpc) is 2.50. The van der Waals surface area contributed by atoms with Gasteiger partial charge in [0.1, 0.15) is 5.69 Å². The van der Waals surface area contributed by atoms with E-state index in [4.69, 9.17) is 5.26 Å². The van der Waals surface area contributed by atoms with Crippen molar-refractivity contribution in [2.45, 2.75) is 25.7 Å². The molecule has 0 radical (unpaired) electrons. The Morgan fingerprint density at radius 3 is 2.48 bits per heavy atom. The summed E-state index contributed by atoms with van der Waals surface area (Å²) in [6, 6.07) is 9.62. The molecule has 0 heterocycles. The number of nitriles is 1. The maximum Gasteiger partial charge on any atom is 0.150 e. The van der Waals surface area contributed by atoms with Gasteiger partial charge in [-0.25, -0.2) is 8.78 Å². The first kappa shape index (κ1) is 13.6. The van der Waals surface area contributed by atoms with Gasteiger partial charge in [-0.1, -0.05) is 12.1 Å². The minimum Gasteiger partial charge on any atom is -0.350 e. The Hall–Kier alpha value is -2.41. The van der Waals surface area contributed by atoms with E-state index in [-0.39, 0.29) is 11.3 Å². The van der Waals surface area contributed by atoms with E-state index in [1.54, 1.807) is 6.07 Å². The summed E-state index contributed by atoms with van der Waals surface area (Å²) in [6.07, 6.45) is 4.15. The zero-order valence-corrected chi connectivity index (χ0v) is 11.4. The molecule has 2 aromatic rings. The molecule has 0 spiro atoms. The molecule has 0 bridgehead atoms. The maximum atomic E-state index is 14.0. The highest BCUT2D eigenvalue weighted by molar-refractivity contribution is 5.66. The number of anilines is 2. The minimum atomic E-state index is -0.750. The van der Waals surface area contributed by atoms with E-state index in [2.05, 4.69) is 11.4 Å². The van der Waals surface area contributed by atoms with Crippen molar-refractivity contribution in [2.75, 3.05) is 5.32 Å². The second-order valence-corrected chi connectivity index (χ2v) is 5.20. The summed E-state index contributed by atoms with van der Waals surface area (Å²) >= 11 is 0. The molecule has 0 aromatic heterocycles. The van der Waals surface area contributed by atoms with Gasteiger partial charge in [0.25, 0.3) is 0 Å². The molecule has 1 aliphatic carbocycles. The largest absolute Gasteiger partial charge is 0.350 e. The van der Waals surface area contributed by atoms with Gasteiger partial charge in [0.05, 0.1) is 11.6 Å². The third-order valence-electron chi connectivity index (χ3n) is 3.83. The number of nitrogens with one attached hydrogen (secondary N) is 1. The van der Waals surface area contributed by atoms with Gasteiger partial charge in [-0.2, -0.15) is 5.26 Å². The molecule has 0 amide bonds. The van der Waals surface area contributed by atoms with Crippen molar-refractivity contribution in [3.05, 3.63) is 58.7 Å². The second kappa shape index (κ2) is 5.53. The molecule has 21 heavy (non-hydrogen) atoms. The monoisotopic (exact) mass is 284 g/mol. The molecule has 0 atom stereocenters. The van der Waals surface area contributed by atoms with Crippen molar-refractivity contribution in [3.8, 4) is 6.07 Å². The molecular weight excluding hydrogens is 270 g/mol. The highest BCUT2D eigenvalue weighted by Crippen LogP contribution is 2.32. The summed E-state index contributed by atoms with van der Waals surface area (Å²) < 4.78 is 27.9. The highest BCUT2D eigenvalue weighted by Gasteiger charge is 2.16. The van der Waals surface area contributed by atoms with Crippen molar-refractivity contribution >= 4 is 11.4 Å². The number of hydrogen-bond acceptors (Lipinski definition) is 2. The first-order valence-corrected chi connectivity index (χ1v) is 6.96. The van der Waals surface area contributed by atoms with Crippen LogP contribution in [0.4, 0.5) is 20.2 Å². The fourth-order valence-corrected chi connectivity index (χ4v) is 2.79. The van der Waals surface area contributed by atoms with Gasteiger partial charge in [0.2, 0.25) is 0 Å². The summed E-state index contributed by atoms with van der Waals surface area (Å²) in [5, 5.41) is 11.6. The van der Waals surface area contributed by atoms with Crippen molar-refractivity contribution in [1.82, 2.24) is 0 Å². The van der Waals surface area contributed by atoms with Crippen LogP contribution in [-0.2, 0) is 12.8 Å². The normalized spacial score (nSPS) is 13.4. The molecule has 1 aliphatic rings. The van der Waals surface area contributed by atoms with E-state index >= 15 is 0 Å². The van der Waals surface area contributed by atoms with Crippen LogP contribution in [0.25, 0.3) is 0 Å². The summed E-state index contributed by atoms with van der Waals surface area (Å²) in [5.41, 5.74) is 2.89. The number of fused-ring (bicyclic) bond motifs is 1. The van der Waals surface area contributed by atoms with Gasteiger partial charge in [-0.3, -0.25) is 0 Å². The van der Waals surface area contributed by atoms with Crippen LogP contribution in [0.15, 0.2) is 30.3 Å². The van der Waals surface area contributed by atoms with Crippen molar-refractivity contribution < 1.29 is 8.78 Å². The zero-order valence-electron chi connectivity index (χ0n) is 11.4. The van der Waals surface area contributed by atoms with E-state index in [0.29, 0.717) is 0 Å². The molecule has 1 N–H and O–H groups in total. The molecule has 0 aliphatic heterocycles. The van der Waals surface area contributed by atoms with E-state index in [1.807, 2.05) is 12.1 Å². The lowest BCUT2D eigenvalue weighted by Gasteiger charge is -2.20. The van der Waals surface area contributed by atoms with Crippen LogP contribution < -0.4 is 5.32 Å². The lowest BCUT2D eigenvalue weighted by atomic mass is 9.90. The number of benzene rings is 2. The van der Waals surface area contributed by atoms with E-state index in [0.717, 1.165) is 49.1 Å². The Bertz CT molecular complexity index is 709. The molecular formula is C17H14F2N2. The van der Waals surface area contributed by atoms with Gasteiger partial charge in [-0.05, 0) is 55.0 Å². The molecule has 0 unspecified atom stereocenters. The highest BCUT2D eigenvalue weighted by atomic mass is 19.1. The van der Waals surface area contributed by atoms with Gasteiger partial charge in [0.15, 0.2) is 11.6 Å². The quantitative estimate of drug-likeness (QED) is 0.883. The van der Waals surface area contributed by atoms with E-state index in [9.17, 15) is 8.78 Å². The van der Waals surface area contributed by atoms with Crippen molar-refractivity contribution in [3.63, 3.8) is 0 Å². The Morgan fingerprint density at radius 1 is 1.05 bits per heavy atom. The first-order chi connectivity index (χ1) is 10.2. The SMILES string of the molecule is N#Cc1cc(F)c(Nc2cccc3c2CCCC3)c(F)c1. The fourth-order valence-electron chi connectivity index (χ4n) is 2.79. The Labute approximate surface area is 122 Å². The van der Waals surface area contributed by atoms with Crippen LogP contribution >= 0.6 is 0 Å². The second-order valence-electron chi connectivity index (χ2n) is 5.20. The van der Waals surface area contributed by atoms with Gasteiger partial charge in [0, 0.05) is 5.69 Å². The Balaban J connectivity index is 2.00. The Kier molecular flexibility index (Phi) is 3.57.